The molecule has 1 saturated heterocycles. The maximum absolute atomic E-state index is 12.7. The number of fused-ring (bicyclic) bond motifs is 1. The minimum absolute atomic E-state index is 0.0466. The highest BCUT2D eigenvalue weighted by Gasteiger charge is 2.27. The second kappa shape index (κ2) is 7.60. The Balaban J connectivity index is 1.33. The van der Waals surface area contributed by atoms with Crippen LogP contribution < -0.4 is 5.32 Å². The molecule has 0 spiro atoms. The molecule has 0 bridgehead atoms. The van der Waals surface area contributed by atoms with Gasteiger partial charge in [0.05, 0.1) is 0 Å². The zero-order valence-electron chi connectivity index (χ0n) is 15.0. The number of rotatable bonds is 2. The zero-order valence-corrected chi connectivity index (χ0v) is 15.8. The van der Waals surface area contributed by atoms with Crippen molar-refractivity contribution in [2.24, 2.45) is 0 Å². The summed E-state index contributed by atoms with van der Waals surface area (Å²) >= 11 is 5.86. The number of piperazine rings is 1. The average molecular weight is 388 g/mol. The molecule has 7 nitrogen and oxygen atoms in total. The highest BCUT2D eigenvalue weighted by atomic mass is 35.5. The number of hydrogen-bond acceptors (Lipinski definition) is 3. The molecule has 8 heteroatoms. The summed E-state index contributed by atoms with van der Waals surface area (Å²) in [4.78, 5) is 28.6. The first-order valence-electron chi connectivity index (χ1n) is 9.28. The number of halogens is 1. The van der Waals surface area contributed by atoms with E-state index in [1.807, 2.05) is 10.7 Å². The van der Waals surface area contributed by atoms with Gasteiger partial charge in [0.25, 0.3) is 5.91 Å². The quantitative estimate of drug-likeness (QED) is 0.861. The predicted molar refractivity (Wildman–Crippen MR) is 103 cm³/mol. The number of nitrogens with zero attached hydrogens (tertiary/aromatic N) is 4. The van der Waals surface area contributed by atoms with Crippen LogP contribution in [0.1, 0.15) is 29.0 Å². The Morgan fingerprint density at radius 3 is 2.37 bits per heavy atom. The lowest BCUT2D eigenvalue weighted by molar-refractivity contribution is 0.0665. The van der Waals surface area contributed by atoms with Crippen molar-refractivity contribution < 1.29 is 9.59 Å². The molecule has 0 atom stereocenters. The second-order valence-corrected chi connectivity index (χ2v) is 7.35. The number of urea groups is 1. The van der Waals surface area contributed by atoms with Gasteiger partial charge in [-0.25, -0.2) is 4.79 Å². The molecule has 1 N–H and O–H groups in total. The van der Waals surface area contributed by atoms with E-state index in [2.05, 4.69) is 10.4 Å². The smallest absolute Gasteiger partial charge is 0.321 e. The third kappa shape index (κ3) is 3.93. The third-order valence-electron chi connectivity index (χ3n) is 5.08. The van der Waals surface area contributed by atoms with Gasteiger partial charge in [0.1, 0.15) is 0 Å². The van der Waals surface area contributed by atoms with Crippen LogP contribution in [0, 0.1) is 0 Å². The second-order valence-electron chi connectivity index (χ2n) is 6.92. The van der Waals surface area contributed by atoms with Gasteiger partial charge in [-0.1, -0.05) is 11.6 Å². The standard InChI is InChI=1S/C19H22ClN5O2/c20-14-4-6-15(7-5-14)21-19(27)24-11-9-23(10-12-24)18(26)17-13-16-3-1-2-8-25(16)22-17/h4-7,13H,1-3,8-12H2,(H,21,27). The molecule has 0 radical (unpaired) electrons. The van der Waals surface area contributed by atoms with Gasteiger partial charge in [-0.3, -0.25) is 9.48 Å². The van der Waals surface area contributed by atoms with Crippen LogP contribution in [0.15, 0.2) is 30.3 Å². The van der Waals surface area contributed by atoms with Crippen molar-refractivity contribution in [3.05, 3.63) is 46.7 Å². The van der Waals surface area contributed by atoms with E-state index in [4.69, 9.17) is 11.6 Å². The van der Waals surface area contributed by atoms with E-state index >= 15 is 0 Å². The molecule has 1 aromatic heterocycles. The van der Waals surface area contributed by atoms with Gasteiger partial charge in [0.2, 0.25) is 0 Å². The molecule has 1 aromatic carbocycles. The molecule has 0 unspecified atom stereocenters. The zero-order chi connectivity index (χ0) is 18.8. The van der Waals surface area contributed by atoms with Gasteiger partial charge >= 0.3 is 6.03 Å². The molecule has 2 aromatic rings. The highest BCUT2D eigenvalue weighted by Crippen LogP contribution is 2.18. The van der Waals surface area contributed by atoms with Crippen LogP contribution in [0.4, 0.5) is 10.5 Å². The normalized spacial score (nSPS) is 16.8. The van der Waals surface area contributed by atoms with Crippen molar-refractivity contribution in [2.75, 3.05) is 31.5 Å². The van der Waals surface area contributed by atoms with Gasteiger partial charge < -0.3 is 15.1 Å². The number of nitrogens with one attached hydrogen (secondary N) is 1. The summed E-state index contributed by atoms with van der Waals surface area (Å²) in [6.45, 7) is 2.91. The van der Waals surface area contributed by atoms with Gasteiger partial charge in [-0.05, 0) is 49.6 Å². The van der Waals surface area contributed by atoms with Crippen LogP contribution in [0.3, 0.4) is 0 Å². The molecule has 142 valence electrons. The Kier molecular flexibility index (Phi) is 5.03. The maximum Gasteiger partial charge on any atom is 0.321 e. The average Bonchev–Trinajstić information content (AvgIpc) is 3.13. The molecule has 2 aliphatic rings. The molecule has 0 aliphatic carbocycles. The first-order valence-corrected chi connectivity index (χ1v) is 9.65. The summed E-state index contributed by atoms with van der Waals surface area (Å²) in [5.41, 5.74) is 2.36. The van der Waals surface area contributed by atoms with E-state index in [9.17, 15) is 9.59 Å². The Labute approximate surface area is 162 Å². The fourth-order valence-electron chi connectivity index (χ4n) is 3.53. The van der Waals surface area contributed by atoms with Crippen LogP contribution in [0.5, 0.6) is 0 Å². The molecule has 3 amide bonds. The Bertz CT molecular complexity index is 817. The topological polar surface area (TPSA) is 70.5 Å². The van der Waals surface area contributed by atoms with E-state index in [0.717, 1.165) is 31.5 Å². The van der Waals surface area contributed by atoms with E-state index < -0.39 is 0 Å². The molecule has 4 rings (SSSR count). The number of benzene rings is 1. The van der Waals surface area contributed by atoms with Crippen LogP contribution in [-0.4, -0.2) is 57.7 Å². The number of hydrogen-bond donors (Lipinski definition) is 1. The fraction of sp³-hybridized carbons (Fsp3) is 0.421. The lowest BCUT2D eigenvalue weighted by atomic mass is 10.1. The first-order chi connectivity index (χ1) is 13.1. The minimum atomic E-state index is -0.165. The summed E-state index contributed by atoms with van der Waals surface area (Å²) < 4.78 is 1.95. The van der Waals surface area contributed by atoms with E-state index in [1.54, 1.807) is 34.1 Å². The predicted octanol–water partition coefficient (Wildman–Crippen LogP) is 2.86. The van der Waals surface area contributed by atoms with Crippen LogP contribution in [-0.2, 0) is 13.0 Å². The van der Waals surface area contributed by atoms with Crippen molar-refractivity contribution in [1.29, 1.82) is 0 Å². The third-order valence-corrected chi connectivity index (χ3v) is 5.34. The molecule has 27 heavy (non-hydrogen) atoms. The molecule has 2 aliphatic heterocycles. The van der Waals surface area contributed by atoms with Crippen molar-refractivity contribution in [3.63, 3.8) is 0 Å². The number of aromatic nitrogens is 2. The van der Waals surface area contributed by atoms with Crippen LogP contribution in [0.25, 0.3) is 0 Å². The molecular weight excluding hydrogens is 366 g/mol. The number of amides is 3. The Hall–Kier alpha value is -2.54. The number of carbonyl (C=O) groups is 2. The van der Waals surface area contributed by atoms with Crippen molar-refractivity contribution in [3.8, 4) is 0 Å². The maximum atomic E-state index is 12.7. The molecular formula is C19H22ClN5O2. The number of aryl methyl sites for hydroxylation is 2. The largest absolute Gasteiger partial charge is 0.334 e. The Morgan fingerprint density at radius 1 is 0.963 bits per heavy atom. The molecule has 3 heterocycles. The van der Waals surface area contributed by atoms with Crippen LogP contribution >= 0.6 is 11.6 Å². The lowest BCUT2D eigenvalue weighted by Gasteiger charge is -2.34. The summed E-state index contributed by atoms with van der Waals surface area (Å²) in [7, 11) is 0. The van der Waals surface area contributed by atoms with Crippen molar-refractivity contribution in [1.82, 2.24) is 19.6 Å². The monoisotopic (exact) mass is 387 g/mol. The fourth-order valence-corrected chi connectivity index (χ4v) is 3.66. The van der Waals surface area contributed by atoms with Gasteiger partial charge in [0, 0.05) is 49.1 Å². The summed E-state index contributed by atoms with van der Waals surface area (Å²) in [6, 6.07) is 8.75. The van der Waals surface area contributed by atoms with E-state index in [0.29, 0.717) is 42.6 Å². The summed E-state index contributed by atoms with van der Waals surface area (Å²) in [5.74, 6) is -0.0466. The van der Waals surface area contributed by atoms with Crippen LogP contribution in [0.2, 0.25) is 5.02 Å². The molecule has 1 fully saturated rings. The lowest BCUT2D eigenvalue weighted by Crippen LogP contribution is -2.51. The van der Waals surface area contributed by atoms with E-state index in [-0.39, 0.29) is 11.9 Å². The van der Waals surface area contributed by atoms with Gasteiger partial charge in [0.15, 0.2) is 5.69 Å². The minimum Gasteiger partial charge on any atom is -0.334 e. The Morgan fingerprint density at radius 2 is 1.67 bits per heavy atom. The van der Waals surface area contributed by atoms with Gasteiger partial charge in [-0.15, -0.1) is 0 Å². The number of carbonyl (C=O) groups excluding carboxylic acids is 2. The summed E-state index contributed by atoms with van der Waals surface area (Å²) in [5, 5.41) is 7.95. The van der Waals surface area contributed by atoms with E-state index in [1.165, 1.54) is 0 Å². The highest BCUT2D eigenvalue weighted by molar-refractivity contribution is 6.30. The first kappa shape index (κ1) is 17.9. The van der Waals surface area contributed by atoms with Gasteiger partial charge in [-0.2, -0.15) is 5.10 Å². The summed E-state index contributed by atoms with van der Waals surface area (Å²) in [6.07, 6.45) is 3.25. The SMILES string of the molecule is O=C(Nc1ccc(Cl)cc1)N1CCN(C(=O)c2cc3n(n2)CCCC3)CC1. The van der Waals surface area contributed by atoms with Crippen molar-refractivity contribution in [2.45, 2.75) is 25.8 Å². The number of anilines is 1. The van der Waals surface area contributed by atoms with Crippen molar-refractivity contribution >= 4 is 29.2 Å². The molecule has 0 saturated carbocycles.